The highest BCUT2D eigenvalue weighted by Gasteiger charge is 2.53. The lowest BCUT2D eigenvalue weighted by Gasteiger charge is -2.58. The van der Waals surface area contributed by atoms with Crippen molar-refractivity contribution in [1.29, 1.82) is 0 Å². The van der Waals surface area contributed by atoms with Crippen LogP contribution in [-0.2, 0) is 18.9 Å². The second kappa shape index (κ2) is 8.11. The van der Waals surface area contributed by atoms with Gasteiger partial charge in [-0.15, -0.1) is 0 Å². The van der Waals surface area contributed by atoms with Crippen molar-refractivity contribution < 1.29 is 9.53 Å². The van der Waals surface area contributed by atoms with Gasteiger partial charge in [0.1, 0.15) is 5.56 Å². The van der Waals surface area contributed by atoms with Gasteiger partial charge in [0.2, 0.25) is 11.7 Å². The lowest BCUT2D eigenvalue weighted by molar-refractivity contribution is 0.0147. The number of fused-ring (bicyclic) bond motifs is 1. The third-order valence-corrected chi connectivity index (χ3v) is 8.25. The molecule has 31 heavy (non-hydrogen) atoms. The highest BCUT2D eigenvalue weighted by Crippen LogP contribution is 2.59. The average Bonchev–Trinajstić information content (AvgIpc) is 2.96. The molecule has 1 aromatic heterocycles. The molecule has 0 saturated heterocycles. The molecule has 0 atom stereocenters. The zero-order chi connectivity index (χ0) is 24.1. The minimum Gasteiger partial charge on any atom is -0.481 e. The number of ketones is 1. The Bertz CT molecular complexity index is 1010. The number of hydrogen-bond donors (Lipinski definition) is 0. The molecular formula is C27H42N2O2. The second-order valence-electron chi connectivity index (χ2n) is 10.5. The van der Waals surface area contributed by atoms with Crippen LogP contribution in [0.5, 0.6) is 5.88 Å². The lowest BCUT2D eigenvalue weighted by Crippen LogP contribution is -2.52. The van der Waals surface area contributed by atoms with E-state index in [1.807, 2.05) is 20.8 Å². The standard InChI is InChI=1S/C25H36N2O2.C2H6/c1-14-12-17(21(28)19-16(3)26-27(10)22(19)29-11)15(2)20-18(14)13-23(4,5)25(8,9)24(20,6)7;1-2/h12H,13H2,1-11H3;1-2H3. The van der Waals surface area contributed by atoms with Crippen LogP contribution in [0.2, 0.25) is 0 Å². The Morgan fingerprint density at radius 2 is 1.61 bits per heavy atom. The van der Waals surface area contributed by atoms with Gasteiger partial charge in [-0.05, 0) is 71.8 Å². The number of ether oxygens (including phenoxy) is 1. The predicted molar refractivity (Wildman–Crippen MR) is 129 cm³/mol. The summed E-state index contributed by atoms with van der Waals surface area (Å²) in [4.78, 5) is 13.7. The Kier molecular flexibility index (Phi) is 6.58. The fourth-order valence-corrected chi connectivity index (χ4v) is 5.37. The molecule has 0 amide bonds. The van der Waals surface area contributed by atoms with Crippen LogP contribution in [0.4, 0.5) is 0 Å². The van der Waals surface area contributed by atoms with Gasteiger partial charge < -0.3 is 4.74 Å². The Morgan fingerprint density at radius 1 is 1.06 bits per heavy atom. The first-order valence-electron chi connectivity index (χ1n) is 11.4. The average molecular weight is 427 g/mol. The van der Waals surface area contributed by atoms with Crippen molar-refractivity contribution in [3.8, 4) is 5.88 Å². The molecule has 1 aliphatic rings. The van der Waals surface area contributed by atoms with E-state index in [-0.39, 0.29) is 22.0 Å². The van der Waals surface area contributed by atoms with Crippen molar-refractivity contribution in [2.45, 2.75) is 88.0 Å². The summed E-state index contributed by atoms with van der Waals surface area (Å²) in [5.74, 6) is 0.511. The third-order valence-electron chi connectivity index (χ3n) is 8.25. The molecule has 0 spiro atoms. The minimum atomic E-state index is -0.0662. The van der Waals surface area contributed by atoms with Crippen LogP contribution in [0.15, 0.2) is 6.07 Å². The van der Waals surface area contributed by atoms with E-state index in [0.717, 1.165) is 17.5 Å². The van der Waals surface area contributed by atoms with Crippen LogP contribution < -0.4 is 4.74 Å². The summed E-state index contributed by atoms with van der Waals surface area (Å²) in [6.07, 6.45) is 1.02. The van der Waals surface area contributed by atoms with Gasteiger partial charge in [-0.25, -0.2) is 4.68 Å². The molecule has 1 aromatic carbocycles. The topological polar surface area (TPSA) is 44.1 Å². The van der Waals surface area contributed by atoms with Crippen LogP contribution in [0.25, 0.3) is 0 Å². The SMILES string of the molecule is CC.COc1c(C(=O)c2cc(C)c3c(c2C)C(C)(C)C(C)(C)C(C)(C)C3)c(C)nn1C. The smallest absolute Gasteiger partial charge is 0.223 e. The molecule has 0 aliphatic heterocycles. The zero-order valence-electron chi connectivity index (χ0n) is 22.0. The van der Waals surface area contributed by atoms with E-state index >= 15 is 0 Å². The van der Waals surface area contributed by atoms with E-state index in [2.05, 4.69) is 66.6 Å². The molecule has 0 fully saturated rings. The summed E-state index contributed by atoms with van der Waals surface area (Å²) in [7, 11) is 3.40. The van der Waals surface area contributed by atoms with Crippen LogP contribution in [0, 0.1) is 31.6 Å². The second-order valence-corrected chi connectivity index (χ2v) is 10.5. The van der Waals surface area contributed by atoms with Gasteiger partial charge in [0.05, 0.1) is 12.8 Å². The van der Waals surface area contributed by atoms with Crippen LogP contribution in [0.3, 0.4) is 0 Å². The maximum absolute atomic E-state index is 13.7. The van der Waals surface area contributed by atoms with Crippen LogP contribution in [-0.4, -0.2) is 22.7 Å². The number of nitrogens with zero attached hydrogens (tertiary/aromatic N) is 2. The van der Waals surface area contributed by atoms with Crippen molar-refractivity contribution >= 4 is 5.78 Å². The van der Waals surface area contributed by atoms with Gasteiger partial charge in [-0.2, -0.15) is 5.10 Å². The fraction of sp³-hybridized carbons (Fsp3) is 0.630. The van der Waals surface area contributed by atoms with Crippen LogP contribution in [0.1, 0.15) is 99.3 Å². The third kappa shape index (κ3) is 3.52. The summed E-state index contributed by atoms with van der Waals surface area (Å²) >= 11 is 0. The number of hydrogen-bond acceptors (Lipinski definition) is 3. The molecule has 1 heterocycles. The number of aromatic nitrogens is 2. The van der Waals surface area contributed by atoms with Crippen LogP contribution >= 0.6 is 0 Å². The number of carbonyl (C=O) groups excluding carboxylic acids is 1. The van der Waals surface area contributed by atoms with E-state index < -0.39 is 0 Å². The normalized spacial score (nSPS) is 18.0. The largest absolute Gasteiger partial charge is 0.481 e. The molecular weight excluding hydrogens is 384 g/mol. The van der Waals surface area contributed by atoms with Gasteiger partial charge in [-0.1, -0.05) is 55.4 Å². The highest BCUT2D eigenvalue weighted by molar-refractivity contribution is 6.12. The quantitative estimate of drug-likeness (QED) is 0.526. The highest BCUT2D eigenvalue weighted by atomic mass is 16.5. The summed E-state index contributed by atoms with van der Waals surface area (Å²) in [6.45, 7) is 24.3. The van der Waals surface area contributed by atoms with E-state index in [9.17, 15) is 4.79 Å². The van der Waals surface area contributed by atoms with Crippen molar-refractivity contribution in [2.75, 3.05) is 7.11 Å². The molecule has 4 nitrogen and oxygen atoms in total. The first-order valence-corrected chi connectivity index (χ1v) is 11.4. The number of rotatable bonds is 3. The Balaban J connectivity index is 0.00000166. The van der Waals surface area contributed by atoms with Crippen molar-refractivity contribution in [3.63, 3.8) is 0 Å². The Morgan fingerprint density at radius 3 is 2.13 bits per heavy atom. The number of methoxy groups -OCH3 is 1. The molecule has 1 aliphatic carbocycles. The first kappa shape index (κ1) is 25.2. The molecule has 0 N–H and O–H groups in total. The molecule has 3 rings (SSSR count). The number of aryl methyl sites for hydroxylation is 3. The number of carbonyl (C=O) groups is 1. The van der Waals surface area contributed by atoms with Gasteiger partial charge in [0, 0.05) is 12.6 Å². The van der Waals surface area contributed by atoms with Crippen molar-refractivity contribution in [2.24, 2.45) is 17.9 Å². The van der Waals surface area contributed by atoms with E-state index in [0.29, 0.717) is 17.1 Å². The summed E-state index contributed by atoms with van der Waals surface area (Å²) in [5.41, 5.74) is 7.23. The monoisotopic (exact) mass is 426 g/mol. The fourth-order valence-electron chi connectivity index (χ4n) is 5.37. The minimum absolute atomic E-state index is 0.00529. The Labute approximate surface area is 189 Å². The molecule has 4 heteroatoms. The van der Waals surface area contributed by atoms with E-state index in [4.69, 9.17) is 4.74 Å². The van der Waals surface area contributed by atoms with Crippen molar-refractivity contribution in [3.05, 3.63) is 45.1 Å². The predicted octanol–water partition coefficient (Wildman–Crippen LogP) is 6.50. The van der Waals surface area contributed by atoms with Gasteiger partial charge in [-0.3, -0.25) is 4.79 Å². The molecule has 172 valence electrons. The van der Waals surface area contributed by atoms with E-state index in [1.54, 1.807) is 18.8 Å². The van der Waals surface area contributed by atoms with Gasteiger partial charge >= 0.3 is 0 Å². The first-order chi connectivity index (χ1) is 14.2. The molecule has 0 radical (unpaired) electrons. The molecule has 2 aromatic rings. The molecule has 0 saturated carbocycles. The maximum Gasteiger partial charge on any atom is 0.223 e. The molecule has 0 unspecified atom stereocenters. The summed E-state index contributed by atoms with van der Waals surface area (Å²) in [6, 6.07) is 2.08. The zero-order valence-corrected chi connectivity index (χ0v) is 22.0. The summed E-state index contributed by atoms with van der Waals surface area (Å²) in [5, 5.41) is 4.41. The number of benzene rings is 1. The molecule has 0 bridgehead atoms. The lowest BCUT2D eigenvalue weighted by atomic mass is 9.46. The summed E-state index contributed by atoms with van der Waals surface area (Å²) < 4.78 is 7.14. The maximum atomic E-state index is 13.7. The van der Waals surface area contributed by atoms with E-state index in [1.165, 1.54) is 16.7 Å². The van der Waals surface area contributed by atoms with Gasteiger partial charge in [0.15, 0.2) is 0 Å². The van der Waals surface area contributed by atoms with Gasteiger partial charge in [0.25, 0.3) is 0 Å². The Hall–Kier alpha value is -2.10. The van der Waals surface area contributed by atoms with Crippen molar-refractivity contribution in [1.82, 2.24) is 9.78 Å².